The van der Waals surface area contributed by atoms with E-state index < -0.39 is 11.9 Å². The van der Waals surface area contributed by atoms with E-state index in [0.717, 1.165) is 5.84 Å². The van der Waals surface area contributed by atoms with E-state index in [4.69, 9.17) is 5.11 Å². The predicted octanol–water partition coefficient (Wildman–Crippen LogP) is 0.878. The lowest BCUT2D eigenvalue weighted by Gasteiger charge is -2.30. The Morgan fingerprint density at radius 2 is 2.22 bits per heavy atom. The smallest absolute Gasteiger partial charge is 0.318 e. The van der Waals surface area contributed by atoms with Crippen LogP contribution in [0.3, 0.4) is 0 Å². The zero-order valence-electron chi connectivity index (χ0n) is 9.41. The van der Waals surface area contributed by atoms with Gasteiger partial charge in [-0.3, -0.25) is 9.59 Å². The maximum Gasteiger partial charge on any atom is 0.318 e. The lowest BCUT2D eigenvalue weighted by molar-refractivity contribution is -0.143. The second-order valence-electron chi connectivity index (χ2n) is 4.20. The summed E-state index contributed by atoms with van der Waals surface area (Å²) in [5, 5.41) is 8.96. The summed E-state index contributed by atoms with van der Waals surface area (Å²) in [5.41, 5.74) is 1.04. The summed E-state index contributed by atoms with van der Waals surface area (Å²) in [4.78, 5) is 29.2. The summed E-state index contributed by atoms with van der Waals surface area (Å²) in [7, 11) is 0. The quantitative estimate of drug-likeness (QED) is 0.693. The normalized spacial score (nSPS) is 24.9. The molecule has 5 heteroatoms. The molecule has 1 unspecified atom stereocenters. The van der Waals surface area contributed by atoms with Crippen LogP contribution in [0.5, 0.6) is 0 Å². The number of nitrogens with zero attached hydrogens (tertiary/aromatic N) is 2. The molecule has 3 aliphatic rings. The van der Waals surface area contributed by atoms with Crippen LogP contribution in [0.25, 0.3) is 0 Å². The minimum Gasteiger partial charge on any atom is -0.480 e. The molecule has 0 aromatic rings. The van der Waals surface area contributed by atoms with Crippen molar-refractivity contribution in [1.29, 1.82) is 0 Å². The molecule has 1 N–H and O–H groups in total. The molecule has 0 spiro atoms. The van der Waals surface area contributed by atoms with Crippen LogP contribution in [-0.2, 0) is 9.59 Å². The maximum absolute atomic E-state index is 12.0. The van der Waals surface area contributed by atoms with Crippen molar-refractivity contribution in [1.82, 2.24) is 4.90 Å². The molecule has 1 aliphatic carbocycles. The van der Waals surface area contributed by atoms with Gasteiger partial charge in [0.15, 0.2) is 5.78 Å². The van der Waals surface area contributed by atoms with Gasteiger partial charge >= 0.3 is 5.97 Å². The molecule has 0 saturated heterocycles. The number of amidine groups is 1. The van der Waals surface area contributed by atoms with Gasteiger partial charge in [-0.15, -0.1) is 0 Å². The molecular formula is C13H10N2O3. The fourth-order valence-corrected chi connectivity index (χ4v) is 2.14. The molecule has 90 valence electrons. The second kappa shape index (κ2) is 3.80. The van der Waals surface area contributed by atoms with Gasteiger partial charge in [0.05, 0.1) is 12.2 Å². The molecule has 1 atom stereocenters. The summed E-state index contributed by atoms with van der Waals surface area (Å²) in [6.07, 6.45) is 10.4. The summed E-state index contributed by atoms with van der Waals surface area (Å²) >= 11 is 0. The minimum atomic E-state index is -1.12. The molecule has 5 nitrogen and oxygen atoms in total. The van der Waals surface area contributed by atoms with Crippen molar-refractivity contribution in [2.45, 2.75) is 0 Å². The van der Waals surface area contributed by atoms with Crippen LogP contribution in [0.1, 0.15) is 0 Å². The first kappa shape index (κ1) is 10.7. The Bertz CT molecular complexity index is 593. The van der Waals surface area contributed by atoms with Crippen molar-refractivity contribution in [3.63, 3.8) is 0 Å². The highest BCUT2D eigenvalue weighted by atomic mass is 16.4. The van der Waals surface area contributed by atoms with Gasteiger partial charge in [0, 0.05) is 11.8 Å². The highest BCUT2D eigenvalue weighted by Crippen LogP contribution is 2.27. The SMILES string of the molecule is O=C(O)C1C=CC2=C(CN3C=CC=CC3=N2)C1=O. The van der Waals surface area contributed by atoms with Crippen molar-refractivity contribution < 1.29 is 14.7 Å². The van der Waals surface area contributed by atoms with Crippen LogP contribution >= 0.6 is 0 Å². The molecule has 0 aromatic heterocycles. The van der Waals surface area contributed by atoms with Crippen LogP contribution in [0.15, 0.2) is 52.8 Å². The van der Waals surface area contributed by atoms with Gasteiger partial charge < -0.3 is 10.0 Å². The molecule has 0 radical (unpaired) electrons. The Balaban J connectivity index is 2.01. The number of Topliss-reactive ketones (excluding diaryl/α,β-unsaturated/α-hetero) is 1. The molecule has 2 aliphatic heterocycles. The number of carboxylic acids is 1. The third kappa shape index (κ3) is 1.52. The van der Waals surface area contributed by atoms with E-state index in [-0.39, 0.29) is 5.78 Å². The van der Waals surface area contributed by atoms with Gasteiger partial charge in [0.25, 0.3) is 0 Å². The largest absolute Gasteiger partial charge is 0.480 e. The van der Waals surface area contributed by atoms with E-state index in [0.29, 0.717) is 17.8 Å². The van der Waals surface area contributed by atoms with Gasteiger partial charge in [-0.2, -0.15) is 0 Å². The summed E-state index contributed by atoms with van der Waals surface area (Å²) in [6.45, 7) is 0.377. The van der Waals surface area contributed by atoms with Gasteiger partial charge in [-0.05, 0) is 18.2 Å². The number of ketones is 1. The fraction of sp³-hybridized carbons (Fsp3) is 0.154. The van der Waals surface area contributed by atoms with Crippen molar-refractivity contribution in [3.05, 3.63) is 47.9 Å². The number of fused-ring (bicyclic) bond motifs is 1. The Kier molecular flexibility index (Phi) is 2.26. The number of allylic oxidation sites excluding steroid dienone is 3. The lowest BCUT2D eigenvalue weighted by atomic mass is 9.90. The molecule has 18 heavy (non-hydrogen) atoms. The first-order valence-corrected chi connectivity index (χ1v) is 5.55. The monoisotopic (exact) mass is 242 g/mol. The summed E-state index contributed by atoms with van der Waals surface area (Å²) < 4.78 is 0. The minimum absolute atomic E-state index is 0.370. The number of carbonyl (C=O) groups is 2. The van der Waals surface area contributed by atoms with Crippen molar-refractivity contribution in [3.8, 4) is 0 Å². The van der Waals surface area contributed by atoms with Crippen LogP contribution in [0.2, 0.25) is 0 Å². The molecule has 2 heterocycles. The third-order valence-corrected chi connectivity index (χ3v) is 3.08. The second-order valence-corrected chi connectivity index (χ2v) is 4.20. The highest BCUT2D eigenvalue weighted by Gasteiger charge is 2.34. The molecule has 0 fully saturated rings. The van der Waals surface area contributed by atoms with Crippen LogP contribution in [-0.4, -0.2) is 34.1 Å². The summed E-state index contributed by atoms with van der Waals surface area (Å²) in [5.74, 6) is -1.80. The number of aliphatic carboxylic acids is 1. The topological polar surface area (TPSA) is 70.0 Å². The van der Waals surface area contributed by atoms with E-state index in [1.807, 2.05) is 29.3 Å². The average molecular weight is 242 g/mol. The third-order valence-electron chi connectivity index (χ3n) is 3.08. The van der Waals surface area contributed by atoms with Crippen molar-refractivity contribution >= 4 is 17.6 Å². The van der Waals surface area contributed by atoms with E-state index in [9.17, 15) is 9.59 Å². The molecule has 3 rings (SSSR count). The zero-order chi connectivity index (χ0) is 12.7. The van der Waals surface area contributed by atoms with Gasteiger partial charge in [-0.25, -0.2) is 4.99 Å². The maximum atomic E-state index is 12.0. The van der Waals surface area contributed by atoms with Gasteiger partial charge in [0.2, 0.25) is 0 Å². The Morgan fingerprint density at radius 3 is 3.00 bits per heavy atom. The van der Waals surface area contributed by atoms with Gasteiger partial charge in [0.1, 0.15) is 11.8 Å². The van der Waals surface area contributed by atoms with Crippen LogP contribution in [0.4, 0.5) is 0 Å². The van der Waals surface area contributed by atoms with Crippen LogP contribution < -0.4 is 0 Å². The number of hydrogen-bond acceptors (Lipinski definition) is 4. The standard InChI is InChI=1S/C13H10N2O3/c16-12-8(13(17)18)4-5-10-9(12)7-15-6-2-1-3-11(15)14-10/h1-6,8H,7H2,(H,17,18). The van der Waals surface area contributed by atoms with E-state index in [1.54, 1.807) is 6.08 Å². The van der Waals surface area contributed by atoms with E-state index in [2.05, 4.69) is 4.99 Å². The Hall–Kier alpha value is -2.43. The molecule has 0 amide bonds. The zero-order valence-corrected chi connectivity index (χ0v) is 9.41. The molecule has 0 bridgehead atoms. The Morgan fingerprint density at radius 1 is 1.39 bits per heavy atom. The summed E-state index contributed by atoms with van der Waals surface area (Å²) in [6, 6.07) is 0. The number of carboxylic acid groups (broad SMARTS) is 1. The van der Waals surface area contributed by atoms with E-state index >= 15 is 0 Å². The predicted molar refractivity (Wildman–Crippen MR) is 64.7 cm³/mol. The molecule has 0 aromatic carbocycles. The molecular weight excluding hydrogens is 232 g/mol. The lowest BCUT2D eigenvalue weighted by Crippen LogP contribution is -2.37. The Labute approximate surface area is 103 Å². The van der Waals surface area contributed by atoms with Gasteiger partial charge in [-0.1, -0.05) is 12.2 Å². The highest BCUT2D eigenvalue weighted by molar-refractivity contribution is 6.12. The van der Waals surface area contributed by atoms with Crippen molar-refractivity contribution in [2.24, 2.45) is 10.9 Å². The van der Waals surface area contributed by atoms with Crippen LogP contribution in [0, 0.1) is 5.92 Å². The number of hydrogen-bond donors (Lipinski definition) is 1. The molecule has 0 saturated carbocycles. The van der Waals surface area contributed by atoms with E-state index in [1.165, 1.54) is 6.08 Å². The first-order chi connectivity index (χ1) is 8.66. The fourth-order valence-electron chi connectivity index (χ4n) is 2.14. The number of aliphatic imine (C=N–C) groups is 1. The number of rotatable bonds is 1. The first-order valence-electron chi connectivity index (χ1n) is 5.55. The van der Waals surface area contributed by atoms with Crippen molar-refractivity contribution in [2.75, 3.05) is 6.54 Å². The number of carbonyl (C=O) groups excluding carboxylic acids is 1. The average Bonchev–Trinajstić information content (AvgIpc) is 2.37.